The van der Waals surface area contributed by atoms with Crippen LogP contribution in [0.2, 0.25) is 0 Å². The summed E-state index contributed by atoms with van der Waals surface area (Å²) >= 11 is 0. The Hall–Kier alpha value is -3.00. The van der Waals surface area contributed by atoms with Gasteiger partial charge in [-0.05, 0) is 48.4 Å². The molecule has 1 aliphatic heterocycles. The minimum Gasteiger partial charge on any atom is -0.397 e. The minimum absolute atomic E-state index is 0.0246. The molecule has 0 aromatic heterocycles. The Balaban J connectivity index is 1.89. The van der Waals surface area contributed by atoms with Gasteiger partial charge in [-0.2, -0.15) is 5.26 Å². The average molecular weight is 278 g/mol. The molecule has 21 heavy (non-hydrogen) atoms. The van der Waals surface area contributed by atoms with E-state index in [2.05, 4.69) is 16.7 Å². The second kappa shape index (κ2) is 5.17. The van der Waals surface area contributed by atoms with Crippen molar-refractivity contribution < 1.29 is 4.79 Å². The number of nitrogen functional groups attached to an aromatic ring is 1. The van der Waals surface area contributed by atoms with E-state index in [1.54, 1.807) is 12.1 Å². The van der Waals surface area contributed by atoms with Gasteiger partial charge in [0.05, 0.1) is 23.0 Å². The number of hydrogen-bond donors (Lipinski definition) is 3. The summed E-state index contributed by atoms with van der Waals surface area (Å²) in [4.78, 5) is 11.5. The van der Waals surface area contributed by atoms with Gasteiger partial charge < -0.3 is 16.4 Å². The number of fused-ring (bicyclic) bond motifs is 1. The van der Waals surface area contributed by atoms with Crippen molar-refractivity contribution in [3.63, 3.8) is 0 Å². The van der Waals surface area contributed by atoms with Gasteiger partial charge in [-0.3, -0.25) is 4.79 Å². The highest BCUT2D eigenvalue weighted by atomic mass is 16.1. The zero-order chi connectivity index (χ0) is 14.8. The van der Waals surface area contributed by atoms with E-state index in [0.717, 1.165) is 22.6 Å². The van der Waals surface area contributed by atoms with Crippen molar-refractivity contribution in [2.24, 2.45) is 0 Å². The van der Waals surface area contributed by atoms with Gasteiger partial charge in [0.15, 0.2) is 0 Å². The Morgan fingerprint density at radius 2 is 1.95 bits per heavy atom. The summed E-state index contributed by atoms with van der Waals surface area (Å²) in [5, 5.41) is 14.8. The first kappa shape index (κ1) is 13.0. The van der Waals surface area contributed by atoms with Crippen LogP contribution in [0.25, 0.3) is 0 Å². The molecule has 0 bridgehead atoms. The number of nitrogens with two attached hydrogens (primary N) is 1. The molecule has 2 aromatic carbocycles. The van der Waals surface area contributed by atoms with Crippen LogP contribution in [0.4, 0.5) is 22.7 Å². The van der Waals surface area contributed by atoms with Crippen LogP contribution in [0.15, 0.2) is 36.4 Å². The maximum Gasteiger partial charge on any atom is 0.224 e. The zero-order valence-corrected chi connectivity index (χ0v) is 11.3. The molecular formula is C16H14N4O. The van der Waals surface area contributed by atoms with Crippen LogP contribution in [0.5, 0.6) is 0 Å². The lowest BCUT2D eigenvalue weighted by Crippen LogP contribution is -2.19. The SMILES string of the molecule is N#Cc1ccc(Nc2cc3c(cc2N)CCC(=O)N3)cc1. The van der Waals surface area contributed by atoms with Crippen LogP contribution in [-0.4, -0.2) is 5.91 Å². The summed E-state index contributed by atoms with van der Waals surface area (Å²) in [6.07, 6.45) is 1.21. The van der Waals surface area contributed by atoms with Gasteiger partial charge in [0.25, 0.3) is 0 Å². The molecule has 3 rings (SSSR count). The van der Waals surface area contributed by atoms with E-state index in [-0.39, 0.29) is 5.91 Å². The van der Waals surface area contributed by atoms with Crippen LogP contribution in [0.3, 0.4) is 0 Å². The van der Waals surface area contributed by atoms with Crippen molar-refractivity contribution in [3.8, 4) is 6.07 Å². The normalized spacial score (nSPS) is 13.0. The molecule has 0 fully saturated rings. The smallest absolute Gasteiger partial charge is 0.224 e. The predicted octanol–water partition coefficient (Wildman–Crippen LogP) is 2.77. The Kier molecular flexibility index (Phi) is 3.20. The maximum absolute atomic E-state index is 11.5. The van der Waals surface area contributed by atoms with Crippen LogP contribution < -0.4 is 16.4 Å². The van der Waals surface area contributed by atoms with Crippen molar-refractivity contribution in [2.45, 2.75) is 12.8 Å². The lowest BCUT2D eigenvalue weighted by Gasteiger charge is -2.19. The van der Waals surface area contributed by atoms with E-state index in [4.69, 9.17) is 11.0 Å². The first-order valence-corrected chi connectivity index (χ1v) is 6.65. The molecular weight excluding hydrogens is 264 g/mol. The Bertz CT molecular complexity index is 744. The number of nitrogens with one attached hydrogen (secondary N) is 2. The Morgan fingerprint density at radius 1 is 1.19 bits per heavy atom. The lowest BCUT2D eigenvalue weighted by atomic mass is 10.0. The number of anilines is 4. The van der Waals surface area contributed by atoms with Gasteiger partial charge in [-0.1, -0.05) is 0 Å². The van der Waals surface area contributed by atoms with Crippen molar-refractivity contribution in [1.82, 2.24) is 0 Å². The molecule has 0 saturated heterocycles. The molecule has 4 N–H and O–H groups in total. The quantitative estimate of drug-likeness (QED) is 0.737. The van der Waals surface area contributed by atoms with Crippen molar-refractivity contribution in [3.05, 3.63) is 47.5 Å². The van der Waals surface area contributed by atoms with E-state index < -0.39 is 0 Å². The fourth-order valence-electron chi connectivity index (χ4n) is 2.34. The first-order valence-electron chi connectivity index (χ1n) is 6.65. The topological polar surface area (TPSA) is 90.9 Å². The number of hydrogen-bond acceptors (Lipinski definition) is 4. The number of rotatable bonds is 2. The third-order valence-electron chi connectivity index (χ3n) is 3.46. The van der Waals surface area contributed by atoms with E-state index >= 15 is 0 Å². The van der Waals surface area contributed by atoms with Crippen LogP contribution >= 0.6 is 0 Å². The molecule has 5 nitrogen and oxygen atoms in total. The number of carbonyl (C=O) groups is 1. The van der Waals surface area contributed by atoms with Gasteiger partial charge >= 0.3 is 0 Å². The summed E-state index contributed by atoms with van der Waals surface area (Å²) in [7, 11) is 0. The fraction of sp³-hybridized carbons (Fsp3) is 0.125. The third-order valence-corrected chi connectivity index (χ3v) is 3.46. The van der Waals surface area contributed by atoms with Gasteiger partial charge in [0.1, 0.15) is 0 Å². The Morgan fingerprint density at radius 3 is 2.67 bits per heavy atom. The van der Waals surface area contributed by atoms with Crippen molar-refractivity contribution >= 4 is 28.7 Å². The third kappa shape index (κ3) is 2.65. The number of nitriles is 1. The van der Waals surface area contributed by atoms with Gasteiger partial charge in [0.2, 0.25) is 5.91 Å². The zero-order valence-electron chi connectivity index (χ0n) is 11.3. The van der Waals surface area contributed by atoms with E-state index in [1.807, 2.05) is 24.3 Å². The lowest BCUT2D eigenvalue weighted by molar-refractivity contribution is -0.116. The summed E-state index contributed by atoms with van der Waals surface area (Å²) in [5.41, 5.74) is 10.7. The predicted molar refractivity (Wildman–Crippen MR) is 82.2 cm³/mol. The molecule has 2 aromatic rings. The summed E-state index contributed by atoms with van der Waals surface area (Å²) in [6, 6.07) is 12.9. The van der Waals surface area contributed by atoms with Gasteiger partial charge in [0, 0.05) is 17.8 Å². The van der Waals surface area contributed by atoms with Gasteiger partial charge in [-0.15, -0.1) is 0 Å². The second-order valence-electron chi connectivity index (χ2n) is 4.96. The fourth-order valence-corrected chi connectivity index (χ4v) is 2.34. The first-order chi connectivity index (χ1) is 10.2. The van der Waals surface area contributed by atoms with Crippen LogP contribution in [-0.2, 0) is 11.2 Å². The highest BCUT2D eigenvalue weighted by Crippen LogP contribution is 2.32. The van der Waals surface area contributed by atoms with Crippen LogP contribution in [0.1, 0.15) is 17.5 Å². The standard InChI is InChI=1S/C16H14N4O/c17-9-10-1-4-12(5-2-10)19-15-8-14-11(7-13(15)18)3-6-16(21)20-14/h1-2,4-5,7-8,19H,3,6,18H2,(H,20,21). The molecule has 1 aliphatic rings. The van der Waals surface area contributed by atoms with E-state index in [0.29, 0.717) is 24.1 Å². The van der Waals surface area contributed by atoms with E-state index in [1.165, 1.54) is 0 Å². The number of aryl methyl sites for hydroxylation is 1. The molecule has 0 saturated carbocycles. The van der Waals surface area contributed by atoms with Gasteiger partial charge in [-0.25, -0.2) is 0 Å². The number of benzene rings is 2. The molecule has 5 heteroatoms. The molecule has 0 unspecified atom stereocenters. The van der Waals surface area contributed by atoms with Crippen molar-refractivity contribution in [2.75, 3.05) is 16.4 Å². The molecule has 1 heterocycles. The summed E-state index contributed by atoms with van der Waals surface area (Å²) < 4.78 is 0. The molecule has 0 spiro atoms. The molecule has 0 aliphatic carbocycles. The summed E-state index contributed by atoms with van der Waals surface area (Å²) in [6.45, 7) is 0. The van der Waals surface area contributed by atoms with E-state index in [9.17, 15) is 4.79 Å². The number of nitrogens with zero attached hydrogens (tertiary/aromatic N) is 1. The highest BCUT2D eigenvalue weighted by molar-refractivity contribution is 5.96. The number of carbonyl (C=O) groups excluding carboxylic acids is 1. The van der Waals surface area contributed by atoms with Crippen LogP contribution in [0, 0.1) is 11.3 Å². The average Bonchev–Trinajstić information content (AvgIpc) is 2.49. The maximum atomic E-state index is 11.5. The second-order valence-corrected chi connectivity index (χ2v) is 4.96. The summed E-state index contributed by atoms with van der Waals surface area (Å²) in [5.74, 6) is 0.0246. The minimum atomic E-state index is 0.0246. The molecule has 0 radical (unpaired) electrons. The molecule has 0 atom stereocenters. The number of amides is 1. The monoisotopic (exact) mass is 278 g/mol. The van der Waals surface area contributed by atoms with Crippen molar-refractivity contribution in [1.29, 1.82) is 5.26 Å². The largest absolute Gasteiger partial charge is 0.397 e. The molecule has 1 amide bonds. The highest BCUT2D eigenvalue weighted by Gasteiger charge is 2.16. The Labute approximate surface area is 122 Å². The molecule has 104 valence electrons.